The number of rotatable bonds is 8. The Morgan fingerprint density at radius 3 is 2.67 bits per heavy atom. The lowest BCUT2D eigenvalue weighted by Gasteiger charge is -2.09. The van der Waals surface area contributed by atoms with E-state index in [0.29, 0.717) is 32.1 Å². The van der Waals surface area contributed by atoms with Crippen molar-refractivity contribution in [3.63, 3.8) is 0 Å². The van der Waals surface area contributed by atoms with Crippen LogP contribution in [0.4, 0.5) is 10.5 Å². The molecule has 0 aliphatic carbocycles. The number of carboxylic acids is 1. The SMILES string of the molecule is COCCOCCNC(=O)Nc1ccc(C(=O)O)cc1Cl. The summed E-state index contributed by atoms with van der Waals surface area (Å²) in [6.45, 7) is 1.66. The number of carbonyl (C=O) groups excluding carboxylic acids is 1. The van der Waals surface area contributed by atoms with E-state index in [-0.39, 0.29) is 10.6 Å². The molecule has 0 aliphatic rings. The van der Waals surface area contributed by atoms with Crippen LogP contribution in [-0.2, 0) is 9.47 Å². The zero-order valence-corrected chi connectivity index (χ0v) is 12.3. The fraction of sp³-hybridized carbons (Fsp3) is 0.385. The van der Waals surface area contributed by atoms with Crippen LogP contribution in [0.3, 0.4) is 0 Å². The minimum Gasteiger partial charge on any atom is -0.478 e. The Morgan fingerprint density at radius 2 is 2.05 bits per heavy atom. The Balaban J connectivity index is 2.36. The first-order valence-corrected chi connectivity index (χ1v) is 6.56. The summed E-state index contributed by atoms with van der Waals surface area (Å²) in [5, 5.41) is 14.1. The molecule has 0 aromatic heterocycles. The largest absolute Gasteiger partial charge is 0.478 e. The molecular formula is C13H17ClN2O5. The van der Waals surface area contributed by atoms with E-state index in [1.54, 1.807) is 7.11 Å². The standard InChI is InChI=1S/C13H17ClN2O5/c1-20-6-7-21-5-4-15-13(19)16-11-3-2-9(12(17)18)8-10(11)14/h2-3,8H,4-7H2,1H3,(H,17,18)(H2,15,16,19). The average molecular weight is 317 g/mol. The summed E-state index contributed by atoms with van der Waals surface area (Å²) in [5.74, 6) is -1.08. The Bertz CT molecular complexity index is 495. The lowest BCUT2D eigenvalue weighted by molar-refractivity contribution is 0.0697. The quantitative estimate of drug-likeness (QED) is 0.636. The summed E-state index contributed by atoms with van der Waals surface area (Å²) in [6, 6.07) is 3.61. The fourth-order valence-electron chi connectivity index (χ4n) is 1.40. The Hall–Kier alpha value is -1.83. The highest BCUT2D eigenvalue weighted by Gasteiger charge is 2.09. The van der Waals surface area contributed by atoms with E-state index in [2.05, 4.69) is 10.6 Å². The summed E-state index contributed by atoms with van der Waals surface area (Å²) in [5.41, 5.74) is 0.386. The van der Waals surface area contributed by atoms with Crippen molar-refractivity contribution < 1.29 is 24.2 Å². The maximum absolute atomic E-state index is 11.6. The van der Waals surface area contributed by atoms with Crippen LogP contribution in [0.15, 0.2) is 18.2 Å². The lowest BCUT2D eigenvalue weighted by atomic mass is 10.2. The summed E-state index contributed by atoms with van der Waals surface area (Å²) in [7, 11) is 1.58. The minimum absolute atomic E-state index is 0.0532. The van der Waals surface area contributed by atoms with Crippen molar-refractivity contribution in [2.24, 2.45) is 0 Å². The molecule has 0 heterocycles. The summed E-state index contributed by atoms with van der Waals surface area (Å²) < 4.78 is 9.99. The number of carbonyl (C=O) groups is 2. The van der Waals surface area contributed by atoms with Gasteiger partial charge in [0.1, 0.15) is 0 Å². The highest BCUT2D eigenvalue weighted by atomic mass is 35.5. The lowest BCUT2D eigenvalue weighted by Crippen LogP contribution is -2.31. The van der Waals surface area contributed by atoms with Crippen LogP contribution in [0.2, 0.25) is 5.02 Å². The predicted octanol–water partition coefficient (Wildman–Crippen LogP) is 1.82. The van der Waals surface area contributed by atoms with Gasteiger partial charge in [0.2, 0.25) is 0 Å². The molecule has 1 aromatic rings. The zero-order chi connectivity index (χ0) is 15.7. The molecule has 0 aliphatic heterocycles. The maximum Gasteiger partial charge on any atom is 0.335 e. The number of benzene rings is 1. The van der Waals surface area contributed by atoms with E-state index >= 15 is 0 Å². The van der Waals surface area contributed by atoms with Gasteiger partial charge in [-0.1, -0.05) is 11.6 Å². The van der Waals surface area contributed by atoms with Crippen LogP contribution in [0.1, 0.15) is 10.4 Å². The summed E-state index contributed by atoms with van der Waals surface area (Å²) >= 11 is 5.89. The fourth-order valence-corrected chi connectivity index (χ4v) is 1.62. The number of halogens is 1. The third-order valence-corrected chi connectivity index (χ3v) is 2.74. The Labute approximate surface area is 127 Å². The predicted molar refractivity (Wildman–Crippen MR) is 78.1 cm³/mol. The van der Waals surface area contributed by atoms with Crippen molar-refractivity contribution >= 4 is 29.3 Å². The smallest absolute Gasteiger partial charge is 0.335 e. The van der Waals surface area contributed by atoms with E-state index in [1.165, 1.54) is 18.2 Å². The van der Waals surface area contributed by atoms with Crippen LogP contribution in [0.5, 0.6) is 0 Å². The number of hydrogen-bond donors (Lipinski definition) is 3. The van der Waals surface area contributed by atoms with Crippen molar-refractivity contribution in [1.82, 2.24) is 5.32 Å². The second-order valence-corrected chi connectivity index (χ2v) is 4.39. The molecule has 7 nitrogen and oxygen atoms in total. The number of nitrogens with one attached hydrogen (secondary N) is 2. The molecule has 0 spiro atoms. The van der Waals surface area contributed by atoms with Crippen LogP contribution in [0.25, 0.3) is 0 Å². The molecule has 0 unspecified atom stereocenters. The summed E-state index contributed by atoms with van der Waals surface area (Å²) in [6.07, 6.45) is 0. The highest BCUT2D eigenvalue weighted by Crippen LogP contribution is 2.22. The minimum atomic E-state index is -1.08. The Kier molecular flexibility index (Phi) is 7.52. The van der Waals surface area contributed by atoms with Gasteiger partial charge in [-0.3, -0.25) is 0 Å². The van der Waals surface area contributed by atoms with Gasteiger partial charge in [0, 0.05) is 13.7 Å². The third-order valence-electron chi connectivity index (χ3n) is 2.43. The molecule has 0 saturated carbocycles. The van der Waals surface area contributed by atoms with Gasteiger partial charge in [-0.2, -0.15) is 0 Å². The van der Waals surface area contributed by atoms with E-state index in [0.717, 1.165) is 0 Å². The third kappa shape index (κ3) is 6.44. The highest BCUT2D eigenvalue weighted by molar-refractivity contribution is 6.34. The first kappa shape index (κ1) is 17.2. The molecule has 0 saturated heterocycles. The normalized spacial score (nSPS) is 10.2. The van der Waals surface area contributed by atoms with E-state index in [1.807, 2.05) is 0 Å². The van der Waals surface area contributed by atoms with Gasteiger partial charge in [-0.05, 0) is 18.2 Å². The van der Waals surface area contributed by atoms with Crippen molar-refractivity contribution in [2.45, 2.75) is 0 Å². The molecule has 0 radical (unpaired) electrons. The first-order chi connectivity index (χ1) is 10.0. The second kappa shape index (κ2) is 9.17. The molecule has 21 heavy (non-hydrogen) atoms. The summed E-state index contributed by atoms with van der Waals surface area (Å²) in [4.78, 5) is 22.3. The number of methoxy groups -OCH3 is 1. The van der Waals surface area contributed by atoms with Gasteiger partial charge < -0.3 is 25.2 Å². The topological polar surface area (TPSA) is 96.9 Å². The molecule has 2 amide bonds. The van der Waals surface area contributed by atoms with Crippen molar-refractivity contribution in [3.8, 4) is 0 Å². The molecule has 1 aromatic carbocycles. The number of hydrogen-bond acceptors (Lipinski definition) is 4. The Morgan fingerprint density at radius 1 is 1.29 bits per heavy atom. The van der Waals surface area contributed by atoms with Gasteiger partial charge in [0.05, 0.1) is 36.1 Å². The molecule has 0 fully saturated rings. The number of ether oxygens (including phenoxy) is 2. The van der Waals surface area contributed by atoms with Crippen LogP contribution < -0.4 is 10.6 Å². The second-order valence-electron chi connectivity index (χ2n) is 3.99. The average Bonchev–Trinajstić information content (AvgIpc) is 2.44. The van der Waals surface area contributed by atoms with E-state index < -0.39 is 12.0 Å². The van der Waals surface area contributed by atoms with Crippen LogP contribution in [0, 0.1) is 0 Å². The molecule has 3 N–H and O–H groups in total. The van der Waals surface area contributed by atoms with Crippen molar-refractivity contribution in [2.75, 3.05) is 38.8 Å². The molecule has 1 rings (SSSR count). The van der Waals surface area contributed by atoms with Gasteiger partial charge in [-0.15, -0.1) is 0 Å². The molecule has 0 bridgehead atoms. The van der Waals surface area contributed by atoms with Gasteiger partial charge in [0.25, 0.3) is 0 Å². The van der Waals surface area contributed by atoms with Gasteiger partial charge in [-0.25, -0.2) is 9.59 Å². The van der Waals surface area contributed by atoms with Gasteiger partial charge in [0.15, 0.2) is 0 Å². The van der Waals surface area contributed by atoms with Gasteiger partial charge >= 0.3 is 12.0 Å². The van der Waals surface area contributed by atoms with Crippen molar-refractivity contribution in [1.29, 1.82) is 0 Å². The van der Waals surface area contributed by atoms with Crippen molar-refractivity contribution in [3.05, 3.63) is 28.8 Å². The zero-order valence-electron chi connectivity index (χ0n) is 11.5. The number of aromatic carboxylic acids is 1. The molecule has 116 valence electrons. The monoisotopic (exact) mass is 316 g/mol. The molecular weight excluding hydrogens is 300 g/mol. The number of amides is 2. The number of urea groups is 1. The first-order valence-electron chi connectivity index (χ1n) is 6.19. The van der Waals surface area contributed by atoms with Crippen LogP contribution in [-0.4, -0.2) is 50.6 Å². The van der Waals surface area contributed by atoms with E-state index in [4.69, 9.17) is 26.2 Å². The number of anilines is 1. The number of carboxylic acid groups (broad SMARTS) is 1. The maximum atomic E-state index is 11.6. The van der Waals surface area contributed by atoms with E-state index in [9.17, 15) is 9.59 Å². The van der Waals surface area contributed by atoms with Crippen LogP contribution >= 0.6 is 11.6 Å². The molecule has 0 atom stereocenters. The molecule has 8 heteroatoms.